The van der Waals surface area contributed by atoms with Crippen molar-refractivity contribution in [3.8, 4) is 11.5 Å². The van der Waals surface area contributed by atoms with E-state index in [1.165, 1.54) is 21.6 Å². The number of fused-ring (bicyclic) bond motifs is 6. The van der Waals surface area contributed by atoms with Crippen LogP contribution in [0.2, 0.25) is 0 Å². The molecular weight excluding hydrogens is 409 g/mol. The van der Waals surface area contributed by atoms with Crippen molar-refractivity contribution in [2.24, 2.45) is 5.92 Å². The van der Waals surface area contributed by atoms with Crippen molar-refractivity contribution in [3.05, 3.63) is 64.4 Å². The van der Waals surface area contributed by atoms with Crippen LogP contribution in [-0.4, -0.2) is 17.7 Å². The summed E-state index contributed by atoms with van der Waals surface area (Å²) in [5, 5.41) is 2.13. The Labute approximate surface area is 184 Å². The van der Waals surface area contributed by atoms with Gasteiger partial charge in [0.1, 0.15) is 18.5 Å². The van der Waals surface area contributed by atoms with E-state index in [0.29, 0.717) is 12.5 Å². The fourth-order valence-electron chi connectivity index (χ4n) is 5.01. The molecule has 0 saturated carbocycles. The lowest BCUT2D eigenvalue weighted by molar-refractivity contribution is 0.0811. The zero-order valence-corrected chi connectivity index (χ0v) is 18.3. The fraction of sp³-hybridized carbons (Fsp3) is 0.346. The summed E-state index contributed by atoms with van der Waals surface area (Å²) in [5.41, 5.74) is 3.31. The minimum absolute atomic E-state index is 0.0532. The van der Waals surface area contributed by atoms with Crippen LogP contribution < -0.4 is 9.47 Å². The average Bonchev–Trinajstić information content (AvgIpc) is 3.14. The zero-order valence-electron chi connectivity index (χ0n) is 17.5. The van der Waals surface area contributed by atoms with Crippen molar-refractivity contribution in [3.63, 3.8) is 0 Å². The summed E-state index contributed by atoms with van der Waals surface area (Å²) in [4.78, 5) is 6.06. The van der Waals surface area contributed by atoms with E-state index in [-0.39, 0.29) is 11.9 Å². The number of nitrogens with zero attached hydrogens (tertiary/aromatic N) is 1. The number of hydrogen-bond acceptors (Lipinski definition) is 4. The maximum absolute atomic E-state index is 13.8. The van der Waals surface area contributed by atoms with Crippen molar-refractivity contribution >= 4 is 32.3 Å². The maximum atomic E-state index is 13.8. The van der Waals surface area contributed by atoms with Gasteiger partial charge in [-0.3, -0.25) is 4.98 Å². The molecule has 158 valence electrons. The molecule has 2 atom stereocenters. The summed E-state index contributed by atoms with van der Waals surface area (Å²) in [6.07, 6.45) is 5.44. The third-order valence-corrected chi connectivity index (χ3v) is 7.91. The Kier molecular flexibility index (Phi) is 4.60. The molecule has 0 spiro atoms. The first-order valence-corrected chi connectivity index (χ1v) is 11.9. The van der Waals surface area contributed by atoms with Gasteiger partial charge < -0.3 is 9.47 Å². The summed E-state index contributed by atoms with van der Waals surface area (Å²) in [5.74, 6) is 2.10. The number of aryl methyl sites for hydroxylation is 2. The highest BCUT2D eigenvalue weighted by molar-refractivity contribution is 7.19. The van der Waals surface area contributed by atoms with Crippen LogP contribution in [0, 0.1) is 18.7 Å². The van der Waals surface area contributed by atoms with Crippen LogP contribution in [0.15, 0.2) is 42.5 Å². The van der Waals surface area contributed by atoms with E-state index in [4.69, 9.17) is 9.47 Å². The van der Waals surface area contributed by atoms with Gasteiger partial charge in [0.2, 0.25) is 0 Å². The lowest BCUT2D eigenvalue weighted by Crippen LogP contribution is -2.30. The Hall–Kier alpha value is -2.66. The third-order valence-electron chi connectivity index (χ3n) is 6.64. The highest BCUT2D eigenvalue weighted by Gasteiger charge is 2.27. The first-order chi connectivity index (χ1) is 15.1. The molecule has 0 radical (unpaired) electrons. The van der Waals surface area contributed by atoms with Gasteiger partial charge in [0.05, 0.1) is 5.52 Å². The lowest BCUT2D eigenvalue weighted by Gasteiger charge is -2.29. The summed E-state index contributed by atoms with van der Waals surface area (Å²) < 4.78 is 27.4. The van der Waals surface area contributed by atoms with Gasteiger partial charge in [-0.2, -0.15) is 0 Å². The molecule has 5 heteroatoms. The molecular formula is C26H24FNO2S. The normalized spacial score (nSPS) is 20.2. The Morgan fingerprint density at radius 1 is 1.10 bits per heavy atom. The first-order valence-electron chi connectivity index (χ1n) is 11.0. The lowest BCUT2D eigenvalue weighted by atomic mass is 9.83. The van der Waals surface area contributed by atoms with E-state index >= 15 is 0 Å². The standard InChI is InChI=1S/C26H24FNO2S/c1-15-2-7-19-22(28-15)8-9-23-26(19)30-18(14-29-23)6-3-16-4-10-24-20(12-16)21-13-17(27)5-11-25(21)31-24/h2,5,7-9,11,13,16,18H,3-4,6,10,12,14H2,1H3/t16-,18+/m1/s1. The smallest absolute Gasteiger partial charge is 0.171 e. The van der Waals surface area contributed by atoms with Crippen LogP contribution >= 0.6 is 11.3 Å². The van der Waals surface area contributed by atoms with Crippen molar-refractivity contribution in [2.45, 2.75) is 45.1 Å². The number of thiophene rings is 1. The molecule has 1 aliphatic heterocycles. The maximum Gasteiger partial charge on any atom is 0.171 e. The molecule has 0 N–H and O–H groups in total. The van der Waals surface area contributed by atoms with Gasteiger partial charge in [0.15, 0.2) is 11.5 Å². The molecule has 0 amide bonds. The number of pyridine rings is 1. The molecule has 2 aromatic carbocycles. The molecule has 3 nitrogen and oxygen atoms in total. The molecule has 0 bridgehead atoms. The minimum Gasteiger partial charge on any atom is -0.486 e. The molecule has 6 rings (SSSR count). The van der Waals surface area contributed by atoms with E-state index in [1.807, 2.05) is 42.5 Å². The first kappa shape index (κ1) is 19.1. The van der Waals surface area contributed by atoms with Crippen LogP contribution in [0.1, 0.15) is 35.4 Å². The zero-order chi connectivity index (χ0) is 20.9. The molecule has 3 heterocycles. The number of hydrogen-bond donors (Lipinski definition) is 0. The number of rotatable bonds is 3. The molecule has 0 fully saturated rings. The second kappa shape index (κ2) is 7.49. The quantitative estimate of drug-likeness (QED) is 0.364. The number of aromatic nitrogens is 1. The second-order valence-electron chi connectivity index (χ2n) is 8.79. The van der Waals surface area contributed by atoms with Gasteiger partial charge in [0.25, 0.3) is 0 Å². The van der Waals surface area contributed by atoms with Crippen molar-refractivity contribution in [1.29, 1.82) is 0 Å². The third kappa shape index (κ3) is 3.45. The van der Waals surface area contributed by atoms with Crippen molar-refractivity contribution in [2.75, 3.05) is 6.61 Å². The highest BCUT2D eigenvalue weighted by atomic mass is 32.1. The van der Waals surface area contributed by atoms with Gasteiger partial charge in [0, 0.05) is 20.7 Å². The monoisotopic (exact) mass is 433 g/mol. The van der Waals surface area contributed by atoms with Crippen LogP contribution in [0.25, 0.3) is 21.0 Å². The van der Waals surface area contributed by atoms with Gasteiger partial charge >= 0.3 is 0 Å². The van der Waals surface area contributed by atoms with E-state index in [0.717, 1.165) is 59.2 Å². The molecule has 0 unspecified atom stereocenters. The Bertz CT molecular complexity index is 1300. The molecule has 1 aliphatic carbocycles. The van der Waals surface area contributed by atoms with Gasteiger partial charge in [-0.25, -0.2) is 4.39 Å². The van der Waals surface area contributed by atoms with E-state index in [9.17, 15) is 4.39 Å². The van der Waals surface area contributed by atoms with Crippen LogP contribution in [0.3, 0.4) is 0 Å². The predicted molar refractivity (Wildman–Crippen MR) is 123 cm³/mol. The molecule has 2 aliphatic rings. The van der Waals surface area contributed by atoms with E-state index < -0.39 is 0 Å². The second-order valence-corrected chi connectivity index (χ2v) is 9.93. The summed E-state index contributed by atoms with van der Waals surface area (Å²) in [6.45, 7) is 2.59. The number of ether oxygens (including phenoxy) is 2. The predicted octanol–water partition coefficient (Wildman–Crippen LogP) is 6.62. The summed E-state index contributed by atoms with van der Waals surface area (Å²) >= 11 is 1.83. The van der Waals surface area contributed by atoms with Crippen LogP contribution in [-0.2, 0) is 12.8 Å². The fourth-order valence-corrected chi connectivity index (χ4v) is 6.24. The molecule has 2 aromatic heterocycles. The molecule has 0 saturated heterocycles. The minimum atomic E-state index is -0.140. The molecule has 31 heavy (non-hydrogen) atoms. The van der Waals surface area contributed by atoms with Crippen molar-refractivity contribution in [1.82, 2.24) is 4.98 Å². The van der Waals surface area contributed by atoms with Gasteiger partial charge in [-0.15, -0.1) is 11.3 Å². The van der Waals surface area contributed by atoms with Crippen LogP contribution in [0.4, 0.5) is 4.39 Å². The summed E-state index contributed by atoms with van der Waals surface area (Å²) in [7, 11) is 0. The van der Waals surface area contributed by atoms with E-state index in [1.54, 1.807) is 12.1 Å². The average molecular weight is 434 g/mol. The number of halogens is 1. The van der Waals surface area contributed by atoms with Gasteiger partial charge in [-0.05, 0) is 98.4 Å². The van der Waals surface area contributed by atoms with Crippen molar-refractivity contribution < 1.29 is 13.9 Å². The Morgan fingerprint density at radius 3 is 2.97 bits per heavy atom. The molecule has 4 aromatic rings. The van der Waals surface area contributed by atoms with E-state index in [2.05, 4.69) is 11.1 Å². The Morgan fingerprint density at radius 2 is 2.03 bits per heavy atom. The topological polar surface area (TPSA) is 31.4 Å². The van der Waals surface area contributed by atoms with Crippen LogP contribution in [0.5, 0.6) is 11.5 Å². The largest absolute Gasteiger partial charge is 0.486 e. The Balaban J connectivity index is 1.17. The SMILES string of the molecule is Cc1ccc2c3c(ccc2n1)OC[C@H](CC[C@@H]1CCc2sc4ccc(F)cc4c2C1)O3. The van der Waals surface area contributed by atoms with Gasteiger partial charge in [-0.1, -0.05) is 0 Å². The summed E-state index contributed by atoms with van der Waals surface area (Å²) in [6, 6.07) is 13.3. The number of benzene rings is 2. The highest BCUT2D eigenvalue weighted by Crippen LogP contribution is 2.41.